The van der Waals surface area contributed by atoms with Gasteiger partial charge < -0.3 is 20.3 Å². The summed E-state index contributed by atoms with van der Waals surface area (Å²) in [5, 5.41) is 23.2. The van der Waals surface area contributed by atoms with Crippen LogP contribution in [0.2, 0.25) is 0 Å². The zero-order valence-corrected chi connectivity index (χ0v) is 58.8. The Labute approximate surface area is 539 Å². The summed E-state index contributed by atoms with van der Waals surface area (Å²) in [5.74, 6) is -0.0319. The van der Waals surface area contributed by atoms with Gasteiger partial charge in [0.2, 0.25) is 5.91 Å². The second kappa shape index (κ2) is 76.1. The first-order valence-corrected chi connectivity index (χ1v) is 40.0. The Bertz CT molecular complexity index is 1300. The molecule has 6 nitrogen and oxygen atoms in total. The van der Waals surface area contributed by atoms with Gasteiger partial charge in [-0.2, -0.15) is 0 Å². The van der Waals surface area contributed by atoms with Crippen molar-refractivity contribution in [3.63, 3.8) is 0 Å². The highest BCUT2D eigenvalue weighted by Crippen LogP contribution is 2.20. The number of hydrogen-bond donors (Lipinski definition) is 3. The Balaban J connectivity index is 3.32. The predicted octanol–water partition coefficient (Wildman–Crippen LogP) is 26.3. The highest BCUT2D eigenvalue weighted by Gasteiger charge is 2.18. The fourth-order valence-corrected chi connectivity index (χ4v) is 13.0. The third kappa shape index (κ3) is 71.7. The van der Waals surface area contributed by atoms with E-state index in [-0.39, 0.29) is 18.5 Å². The fraction of sp³-hybridized carbons (Fsp3) is 0.950. The second-order valence-electron chi connectivity index (χ2n) is 27.8. The van der Waals surface area contributed by atoms with Crippen molar-refractivity contribution in [2.75, 3.05) is 13.2 Å². The minimum Gasteiger partial charge on any atom is -0.466 e. The average Bonchev–Trinajstić information content (AvgIpc) is 3.54. The third-order valence-corrected chi connectivity index (χ3v) is 19.1. The maximum absolute atomic E-state index is 12.5. The SMILES string of the molecule is CCCCCCCCCCCCCCCCCC/C=C/C(O)C(CO)NC(=O)CCCCCCCCCCCCCCCCCCCCCCCCCCCCCCCCCCOC(=O)CCCCCCCCCCCCCCCCCCCCC. The van der Waals surface area contributed by atoms with Crippen molar-refractivity contribution < 1.29 is 24.5 Å². The van der Waals surface area contributed by atoms with E-state index >= 15 is 0 Å². The highest BCUT2D eigenvalue weighted by atomic mass is 16.5. The van der Waals surface area contributed by atoms with E-state index in [1.54, 1.807) is 6.08 Å². The monoisotopic (exact) mass is 1210 g/mol. The lowest BCUT2D eigenvalue weighted by Gasteiger charge is -2.20. The molecule has 2 atom stereocenters. The molecule has 0 radical (unpaired) electrons. The number of ether oxygens (including phenoxy) is 1. The summed E-state index contributed by atoms with van der Waals surface area (Å²) in [4.78, 5) is 24.7. The van der Waals surface area contributed by atoms with E-state index < -0.39 is 12.1 Å². The van der Waals surface area contributed by atoms with Gasteiger partial charge >= 0.3 is 5.97 Å². The first-order chi connectivity index (χ1) is 42.5. The van der Waals surface area contributed by atoms with Gasteiger partial charge in [0.15, 0.2) is 0 Å². The molecule has 6 heteroatoms. The number of aliphatic hydroxyl groups excluding tert-OH is 2. The Morgan fingerprint density at radius 3 is 0.791 bits per heavy atom. The summed E-state index contributed by atoms with van der Waals surface area (Å²) in [5.41, 5.74) is 0. The molecule has 0 bridgehead atoms. The summed E-state index contributed by atoms with van der Waals surface area (Å²) in [6, 6.07) is -0.624. The van der Waals surface area contributed by atoms with Gasteiger partial charge in [-0.3, -0.25) is 9.59 Å². The van der Waals surface area contributed by atoms with Crippen LogP contribution in [0.15, 0.2) is 12.2 Å². The zero-order valence-electron chi connectivity index (χ0n) is 58.8. The molecular weight excluding hydrogens is 1050 g/mol. The van der Waals surface area contributed by atoms with Crippen molar-refractivity contribution in [1.29, 1.82) is 0 Å². The van der Waals surface area contributed by atoms with Crippen molar-refractivity contribution in [3.05, 3.63) is 12.2 Å². The maximum Gasteiger partial charge on any atom is 0.305 e. The van der Waals surface area contributed by atoms with E-state index in [1.165, 1.54) is 398 Å². The fourth-order valence-electron chi connectivity index (χ4n) is 13.0. The number of hydrogen-bond acceptors (Lipinski definition) is 5. The number of nitrogens with one attached hydrogen (secondary N) is 1. The number of allylic oxidation sites excluding steroid dienone is 1. The van der Waals surface area contributed by atoms with Gasteiger partial charge in [0.05, 0.1) is 25.4 Å². The molecule has 0 spiro atoms. The summed E-state index contributed by atoms with van der Waals surface area (Å²) < 4.78 is 5.52. The number of carbonyl (C=O) groups is 2. The molecule has 86 heavy (non-hydrogen) atoms. The minimum absolute atomic E-state index is 0.0271. The molecule has 1 amide bonds. The van der Waals surface area contributed by atoms with Gasteiger partial charge in [0, 0.05) is 12.8 Å². The van der Waals surface area contributed by atoms with Crippen LogP contribution in [0, 0.1) is 0 Å². The lowest BCUT2D eigenvalue weighted by molar-refractivity contribution is -0.143. The van der Waals surface area contributed by atoms with Crippen LogP contribution in [0.25, 0.3) is 0 Å². The van der Waals surface area contributed by atoms with Gasteiger partial charge in [-0.05, 0) is 32.1 Å². The lowest BCUT2D eigenvalue weighted by Crippen LogP contribution is -2.45. The number of aliphatic hydroxyl groups is 2. The van der Waals surface area contributed by atoms with Crippen LogP contribution in [-0.2, 0) is 14.3 Å². The number of rotatable bonds is 76. The first kappa shape index (κ1) is 84.6. The summed E-state index contributed by atoms with van der Waals surface area (Å²) in [7, 11) is 0. The summed E-state index contributed by atoms with van der Waals surface area (Å²) in [6.45, 7) is 4.97. The van der Waals surface area contributed by atoms with Crippen LogP contribution in [-0.4, -0.2) is 47.4 Å². The van der Waals surface area contributed by atoms with Crippen molar-refractivity contribution in [3.8, 4) is 0 Å². The third-order valence-electron chi connectivity index (χ3n) is 19.1. The first-order valence-electron chi connectivity index (χ1n) is 40.0. The molecule has 0 aliphatic carbocycles. The van der Waals surface area contributed by atoms with Crippen LogP contribution in [0.4, 0.5) is 0 Å². The zero-order chi connectivity index (χ0) is 62.0. The Morgan fingerprint density at radius 2 is 0.535 bits per heavy atom. The van der Waals surface area contributed by atoms with Crippen molar-refractivity contribution in [1.82, 2.24) is 5.32 Å². The Hall–Kier alpha value is -1.40. The van der Waals surface area contributed by atoms with Crippen molar-refractivity contribution in [2.45, 2.75) is 475 Å². The molecule has 512 valence electrons. The molecule has 0 rings (SSSR count). The number of amides is 1. The maximum atomic E-state index is 12.5. The molecule has 0 aromatic rings. The van der Waals surface area contributed by atoms with Crippen LogP contribution in [0.3, 0.4) is 0 Å². The average molecular weight is 1210 g/mol. The summed E-state index contributed by atoms with van der Waals surface area (Å²) >= 11 is 0. The smallest absolute Gasteiger partial charge is 0.305 e. The quantitative estimate of drug-likeness (QED) is 0.0320. The van der Waals surface area contributed by atoms with Gasteiger partial charge in [0.1, 0.15) is 0 Å². The Morgan fingerprint density at radius 1 is 0.314 bits per heavy atom. The number of carbonyl (C=O) groups excluding carboxylic acids is 2. The number of esters is 1. The molecule has 0 aromatic heterocycles. The largest absolute Gasteiger partial charge is 0.466 e. The molecule has 2 unspecified atom stereocenters. The van der Waals surface area contributed by atoms with Crippen molar-refractivity contribution in [2.24, 2.45) is 0 Å². The normalized spacial score (nSPS) is 12.5. The standard InChI is InChI=1S/C80H157NO5/c1-3-5-7-9-11-13-15-17-19-21-37-42-46-50-54-58-62-66-70-74-80(85)86-75-71-67-63-59-55-51-47-43-39-36-34-32-30-28-26-24-23-25-27-29-31-33-35-38-41-45-49-53-57-61-65-69-73-79(84)81-77(76-82)78(83)72-68-64-60-56-52-48-44-40-22-20-18-16-14-12-10-8-6-4-2/h68,72,77-78,82-83H,3-67,69-71,73-76H2,1-2H3,(H,81,84)/b72-68+. The van der Waals surface area contributed by atoms with Gasteiger partial charge in [0.25, 0.3) is 0 Å². The molecule has 0 saturated carbocycles. The highest BCUT2D eigenvalue weighted by molar-refractivity contribution is 5.76. The number of unbranched alkanes of at least 4 members (excludes halogenated alkanes) is 65. The van der Waals surface area contributed by atoms with E-state index in [0.717, 1.165) is 38.5 Å². The van der Waals surface area contributed by atoms with Crippen molar-refractivity contribution >= 4 is 11.9 Å². The van der Waals surface area contributed by atoms with Crippen LogP contribution >= 0.6 is 0 Å². The van der Waals surface area contributed by atoms with Gasteiger partial charge in [-0.25, -0.2) is 0 Å². The summed E-state index contributed by atoms with van der Waals surface area (Å²) in [6.07, 6.45) is 96.3. The van der Waals surface area contributed by atoms with E-state index in [0.29, 0.717) is 19.4 Å². The van der Waals surface area contributed by atoms with E-state index in [4.69, 9.17) is 4.74 Å². The second-order valence-corrected chi connectivity index (χ2v) is 27.8. The molecule has 0 heterocycles. The van der Waals surface area contributed by atoms with Gasteiger partial charge in [-0.1, -0.05) is 431 Å². The lowest BCUT2D eigenvalue weighted by atomic mass is 10.0. The molecule has 3 N–H and O–H groups in total. The topological polar surface area (TPSA) is 95.9 Å². The van der Waals surface area contributed by atoms with E-state index in [1.807, 2.05) is 6.08 Å². The van der Waals surface area contributed by atoms with Crippen LogP contribution < -0.4 is 5.32 Å². The minimum atomic E-state index is -0.841. The van der Waals surface area contributed by atoms with E-state index in [2.05, 4.69) is 19.2 Å². The molecule has 0 aliphatic heterocycles. The van der Waals surface area contributed by atoms with Gasteiger partial charge in [-0.15, -0.1) is 0 Å². The Kier molecular flexibility index (Phi) is 74.8. The molecule has 0 fully saturated rings. The van der Waals surface area contributed by atoms with E-state index in [9.17, 15) is 19.8 Å². The molecule has 0 saturated heterocycles. The molecular formula is C80H157NO5. The predicted molar refractivity (Wildman–Crippen MR) is 380 cm³/mol. The van der Waals surface area contributed by atoms with Crippen LogP contribution in [0.1, 0.15) is 463 Å². The molecule has 0 aromatic carbocycles. The van der Waals surface area contributed by atoms with Crippen LogP contribution in [0.5, 0.6) is 0 Å². The molecule has 0 aliphatic rings.